The number of carboxylic acid groups (broad SMARTS) is 1. The number of nitrogens with zero attached hydrogens (tertiary/aromatic N) is 1. The van der Waals surface area contributed by atoms with Gasteiger partial charge in [-0.3, -0.25) is 4.79 Å². The van der Waals surface area contributed by atoms with Crippen molar-refractivity contribution in [2.75, 3.05) is 6.61 Å². The van der Waals surface area contributed by atoms with Crippen LogP contribution in [0.4, 0.5) is 0 Å². The smallest absolute Gasteiger partial charge is 0.346 e. The number of H-pyrrole nitrogens is 1. The molecule has 0 aliphatic rings. The maximum Gasteiger partial charge on any atom is 0.346 e. The van der Waals surface area contributed by atoms with E-state index >= 15 is 0 Å². The zero-order chi connectivity index (χ0) is 16.7. The number of ether oxygens (including phenoxy) is 1. The fraction of sp³-hybridized carbons (Fsp3) is 0.571. The number of esters is 1. The third-order valence-electron chi connectivity index (χ3n) is 2.92. The SMILES string of the molecule is CCCC[C@H](Sc1nc(=O)[nH]c(C)c1C(=O)OCC)C(=O)O. The Kier molecular flexibility index (Phi) is 7.10. The van der Waals surface area contributed by atoms with Crippen molar-refractivity contribution in [1.29, 1.82) is 0 Å². The highest BCUT2D eigenvalue weighted by molar-refractivity contribution is 8.00. The Bertz CT molecular complexity index is 599. The maximum absolute atomic E-state index is 12.0. The minimum Gasteiger partial charge on any atom is -0.480 e. The van der Waals surface area contributed by atoms with Gasteiger partial charge in [0.1, 0.15) is 15.8 Å². The summed E-state index contributed by atoms with van der Waals surface area (Å²) >= 11 is 0.914. The molecule has 0 saturated carbocycles. The van der Waals surface area contributed by atoms with Gasteiger partial charge in [-0.2, -0.15) is 4.98 Å². The molecule has 1 aromatic heterocycles. The number of carboxylic acids is 1. The van der Waals surface area contributed by atoms with E-state index in [0.717, 1.165) is 24.6 Å². The van der Waals surface area contributed by atoms with Crippen molar-refractivity contribution in [3.05, 3.63) is 21.7 Å². The van der Waals surface area contributed by atoms with E-state index in [-0.39, 0.29) is 17.2 Å². The highest BCUT2D eigenvalue weighted by Crippen LogP contribution is 2.29. The molecule has 8 heteroatoms. The Labute approximate surface area is 132 Å². The quantitative estimate of drug-likeness (QED) is 0.426. The first kappa shape index (κ1) is 18.2. The van der Waals surface area contributed by atoms with Crippen molar-refractivity contribution >= 4 is 23.7 Å². The number of thioether (sulfide) groups is 1. The minimum atomic E-state index is -0.993. The summed E-state index contributed by atoms with van der Waals surface area (Å²) in [4.78, 5) is 41.1. The lowest BCUT2D eigenvalue weighted by atomic mass is 10.2. The van der Waals surface area contributed by atoms with Crippen LogP contribution in [0.1, 0.15) is 49.2 Å². The second kappa shape index (κ2) is 8.57. The zero-order valence-corrected chi connectivity index (χ0v) is 13.7. The lowest BCUT2D eigenvalue weighted by molar-refractivity contribution is -0.136. The van der Waals surface area contributed by atoms with Crippen LogP contribution >= 0.6 is 11.8 Å². The number of carbonyl (C=O) groups excluding carboxylic acids is 1. The van der Waals surface area contributed by atoms with Gasteiger partial charge in [0.25, 0.3) is 0 Å². The molecule has 0 spiro atoms. The fourth-order valence-electron chi connectivity index (χ4n) is 1.85. The molecule has 0 radical (unpaired) electrons. The third kappa shape index (κ3) is 4.87. The van der Waals surface area contributed by atoms with Gasteiger partial charge in [-0.25, -0.2) is 9.59 Å². The molecule has 0 aliphatic carbocycles. The van der Waals surface area contributed by atoms with E-state index in [9.17, 15) is 19.5 Å². The number of hydrogen-bond donors (Lipinski definition) is 2. The molecule has 0 amide bonds. The van der Waals surface area contributed by atoms with Crippen molar-refractivity contribution in [3.8, 4) is 0 Å². The number of aryl methyl sites for hydroxylation is 1. The Balaban J connectivity index is 3.18. The number of unbranched alkanes of at least 4 members (excludes halogenated alkanes) is 1. The summed E-state index contributed by atoms with van der Waals surface area (Å²) in [7, 11) is 0. The molecule has 0 fully saturated rings. The number of hydrogen-bond acceptors (Lipinski definition) is 6. The van der Waals surface area contributed by atoms with Gasteiger partial charge in [-0.1, -0.05) is 31.5 Å². The maximum atomic E-state index is 12.0. The van der Waals surface area contributed by atoms with Gasteiger partial charge in [-0.15, -0.1) is 0 Å². The summed E-state index contributed by atoms with van der Waals surface area (Å²) in [6, 6.07) is 0. The second-order valence-corrected chi connectivity index (χ2v) is 5.85. The lowest BCUT2D eigenvalue weighted by Gasteiger charge is -2.14. The number of carbonyl (C=O) groups is 2. The predicted molar refractivity (Wildman–Crippen MR) is 82.4 cm³/mol. The van der Waals surface area contributed by atoms with E-state index in [1.54, 1.807) is 13.8 Å². The Morgan fingerprint density at radius 3 is 2.64 bits per heavy atom. The van der Waals surface area contributed by atoms with Gasteiger partial charge < -0.3 is 14.8 Å². The van der Waals surface area contributed by atoms with Crippen LogP contribution in [0.2, 0.25) is 0 Å². The highest BCUT2D eigenvalue weighted by Gasteiger charge is 2.25. The predicted octanol–water partition coefficient (Wildman–Crippen LogP) is 1.99. The summed E-state index contributed by atoms with van der Waals surface area (Å²) in [5.74, 6) is -1.61. The Morgan fingerprint density at radius 2 is 2.09 bits per heavy atom. The van der Waals surface area contributed by atoms with Crippen LogP contribution in [0.3, 0.4) is 0 Å². The molecule has 1 atom stereocenters. The third-order valence-corrected chi connectivity index (χ3v) is 4.16. The van der Waals surface area contributed by atoms with Crippen LogP contribution in [0, 0.1) is 6.92 Å². The van der Waals surface area contributed by atoms with Gasteiger partial charge >= 0.3 is 17.6 Å². The minimum absolute atomic E-state index is 0.100. The van der Waals surface area contributed by atoms with Crippen molar-refractivity contribution < 1.29 is 19.4 Å². The first-order valence-electron chi connectivity index (χ1n) is 7.08. The molecule has 0 saturated heterocycles. The van der Waals surface area contributed by atoms with Gasteiger partial charge in [0.15, 0.2) is 0 Å². The average Bonchev–Trinajstić information content (AvgIpc) is 2.42. The standard InChI is InChI=1S/C14H20N2O5S/c1-4-6-7-9(12(17)18)22-11-10(13(19)21-5-2)8(3)15-14(20)16-11/h9H,4-7H2,1-3H3,(H,17,18)(H,15,16,20)/t9-/m0/s1. The van der Waals surface area contributed by atoms with Gasteiger partial charge in [0.2, 0.25) is 0 Å². The van der Waals surface area contributed by atoms with Crippen molar-refractivity contribution in [2.45, 2.75) is 50.3 Å². The largest absolute Gasteiger partial charge is 0.480 e. The molecule has 0 bridgehead atoms. The first-order valence-corrected chi connectivity index (χ1v) is 7.96. The average molecular weight is 328 g/mol. The van der Waals surface area contributed by atoms with Crippen LogP contribution in [-0.2, 0) is 9.53 Å². The number of aliphatic carboxylic acids is 1. The number of aromatic amines is 1. The van der Waals surface area contributed by atoms with E-state index in [1.807, 2.05) is 6.92 Å². The van der Waals surface area contributed by atoms with Gasteiger partial charge in [0.05, 0.1) is 6.61 Å². The second-order valence-electron chi connectivity index (χ2n) is 4.65. The normalized spacial score (nSPS) is 12.0. The fourth-order valence-corrected chi connectivity index (χ4v) is 2.99. The number of aromatic nitrogens is 2. The first-order chi connectivity index (χ1) is 10.4. The molecule has 1 heterocycles. The Morgan fingerprint density at radius 1 is 1.41 bits per heavy atom. The molecule has 0 aromatic carbocycles. The van der Waals surface area contributed by atoms with Crippen LogP contribution in [0.25, 0.3) is 0 Å². The van der Waals surface area contributed by atoms with Crippen LogP contribution in [0.5, 0.6) is 0 Å². The molecule has 0 unspecified atom stereocenters. The summed E-state index contributed by atoms with van der Waals surface area (Å²) < 4.78 is 4.95. The summed E-state index contributed by atoms with van der Waals surface area (Å²) in [6.45, 7) is 5.37. The molecule has 122 valence electrons. The van der Waals surface area contributed by atoms with Gasteiger partial charge in [0, 0.05) is 5.69 Å². The summed E-state index contributed by atoms with van der Waals surface area (Å²) in [6.07, 6.45) is 2.03. The molecule has 1 rings (SSSR count). The molecule has 1 aromatic rings. The van der Waals surface area contributed by atoms with Crippen LogP contribution in [0.15, 0.2) is 9.82 Å². The van der Waals surface area contributed by atoms with Crippen LogP contribution < -0.4 is 5.69 Å². The Hall–Kier alpha value is -1.83. The van der Waals surface area contributed by atoms with E-state index < -0.39 is 22.9 Å². The molecular weight excluding hydrogens is 308 g/mol. The van der Waals surface area contributed by atoms with E-state index in [0.29, 0.717) is 12.1 Å². The number of nitrogens with one attached hydrogen (secondary N) is 1. The monoisotopic (exact) mass is 328 g/mol. The summed E-state index contributed by atoms with van der Waals surface area (Å²) in [5, 5.41) is 8.62. The van der Waals surface area contributed by atoms with Crippen molar-refractivity contribution in [2.24, 2.45) is 0 Å². The van der Waals surface area contributed by atoms with E-state index in [2.05, 4.69) is 9.97 Å². The topological polar surface area (TPSA) is 109 Å². The molecular formula is C14H20N2O5S. The lowest BCUT2D eigenvalue weighted by Crippen LogP contribution is -2.22. The number of rotatable bonds is 8. The summed E-state index contributed by atoms with van der Waals surface area (Å²) in [5.41, 5.74) is -0.178. The van der Waals surface area contributed by atoms with Crippen molar-refractivity contribution in [3.63, 3.8) is 0 Å². The molecule has 2 N–H and O–H groups in total. The van der Waals surface area contributed by atoms with Gasteiger partial charge in [-0.05, 0) is 20.3 Å². The molecule has 22 heavy (non-hydrogen) atoms. The highest BCUT2D eigenvalue weighted by atomic mass is 32.2. The molecule has 0 aliphatic heterocycles. The van der Waals surface area contributed by atoms with E-state index in [4.69, 9.17) is 4.74 Å². The molecule has 7 nitrogen and oxygen atoms in total. The van der Waals surface area contributed by atoms with Crippen molar-refractivity contribution in [1.82, 2.24) is 9.97 Å². The van der Waals surface area contributed by atoms with Crippen LogP contribution in [-0.4, -0.2) is 38.9 Å². The van der Waals surface area contributed by atoms with E-state index in [1.165, 1.54) is 0 Å². The zero-order valence-electron chi connectivity index (χ0n) is 12.8.